The predicted octanol–water partition coefficient (Wildman–Crippen LogP) is 3.05. The Hall–Kier alpha value is -1.49. The number of allylic oxidation sites excluding steroid dienone is 2. The molecular weight excluding hydrogens is 234 g/mol. The van der Waals surface area contributed by atoms with Crippen LogP contribution in [0.2, 0.25) is 0 Å². The molecule has 0 aliphatic heterocycles. The van der Waals surface area contributed by atoms with Gasteiger partial charge in [0.25, 0.3) is 0 Å². The number of nitrogens with zero attached hydrogens (tertiary/aromatic N) is 3. The molecular formula is C12H17N3OS. The van der Waals surface area contributed by atoms with Crippen molar-refractivity contribution < 1.29 is 5.11 Å². The van der Waals surface area contributed by atoms with Crippen molar-refractivity contribution >= 4 is 16.8 Å². The molecule has 5 heteroatoms. The molecule has 0 atom stereocenters. The number of hydrogen-bond acceptors (Lipinski definition) is 4. The Morgan fingerprint density at radius 3 is 2.88 bits per heavy atom. The summed E-state index contributed by atoms with van der Waals surface area (Å²) in [5.74, 6) is 0.856. The predicted molar refractivity (Wildman–Crippen MR) is 73.1 cm³/mol. The number of aliphatic imine (C=N–C) groups is 1. The van der Waals surface area contributed by atoms with Gasteiger partial charge >= 0.3 is 0 Å². The Balaban J connectivity index is 2.55. The Labute approximate surface area is 106 Å². The maximum atomic E-state index is 8.99. The maximum Gasteiger partial charge on any atom is 0.110 e. The van der Waals surface area contributed by atoms with Crippen LogP contribution in [0.25, 0.3) is 0 Å². The molecule has 4 nitrogen and oxygen atoms in total. The smallest absolute Gasteiger partial charge is 0.110 e. The number of aliphatic hydroxyl groups excluding tert-OH is 1. The van der Waals surface area contributed by atoms with Crippen LogP contribution in [0.5, 0.6) is 0 Å². The zero-order chi connectivity index (χ0) is 12.8. The third kappa shape index (κ3) is 4.91. The minimum Gasteiger partial charge on any atom is -0.509 e. The summed E-state index contributed by atoms with van der Waals surface area (Å²) < 4.78 is 1.98. The lowest BCUT2D eigenvalue weighted by molar-refractivity contribution is 0.434. The summed E-state index contributed by atoms with van der Waals surface area (Å²) >= 11 is 1.64. The molecule has 1 N–H and O–H groups in total. The molecule has 0 aliphatic carbocycles. The van der Waals surface area contributed by atoms with E-state index in [2.05, 4.69) is 16.6 Å². The third-order valence-corrected chi connectivity index (χ3v) is 3.00. The van der Waals surface area contributed by atoms with E-state index in [0.717, 1.165) is 22.2 Å². The number of hydrogen-bond donors (Lipinski definition) is 1. The fraction of sp³-hybridized carbons (Fsp3) is 0.333. The number of rotatable bonds is 4. The average molecular weight is 251 g/mol. The first-order chi connectivity index (χ1) is 7.99. The van der Waals surface area contributed by atoms with E-state index in [1.807, 2.05) is 31.7 Å². The zero-order valence-corrected chi connectivity index (χ0v) is 11.2. The van der Waals surface area contributed by atoms with Gasteiger partial charge < -0.3 is 9.67 Å². The van der Waals surface area contributed by atoms with E-state index >= 15 is 0 Å². The zero-order valence-electron chi connectivity index (χ0n) is 10.3. The van der Waals surface area contributed by atoms with Crippen LogP contribution in [0.1, 0.15) is 19.5 Å². The van der Waals surface area contributed by atoms with Crippen molar-refractivity contribution in [3.63, 3.8) is 0 Å². The third-order valence-electron chi connectivity index (χ3n) is 2.05. The van der Waals surface area contributed by atoms with Crippen LogP contribution in [-0.2, 0) is 12.8 Å². The Bertz CT molecular complexity index is 460. The standard InChI is InChI=1S/C12H17N3OS/c1-9(5-10(2)16)14-11(3)17-7-12-6-13-8-15(12)4/h5-6,8,16H,2,7H2,1,3-4H3/b9-5-,14-11?. The molecule has 0 saturated heterocycles. The minimum absolute atomic E-state index is 0.0238. The highest BCUT2D eigenvalue weighted by molar-refractivity contribution is 8.13. The van der Waals surface area contributed by atoms with Crippen LogP contribution in [0, 0.1) is 0 Å². The van der Waals surface area contributed by atoms with E-state index in [9.17, 15) is 0 Å². The normalized spacial score (nSPS) is 12.9. The molecule has 1 aromatic heterocycles. The van der Waals surface area contributed by atoms with Crippen molar-refractivity contribution in [3.05, 3.63) is 42.3 Å². The first kappa shape index (κ1) is 13.6. The van der Waals surface area contributed by atoms with Gasteiger partial charge in [0.15, 0.2) is 0 Å². The highest BCUT2D eigenvalue weighted by atomic mass is 32.2. The lowest BCUT2D eigenvalue weighted by Crippen LogP contribution is -1.94. The van der Waals surface area contributed by atoms with Gasteiger partial charge in [-0.25, -0.2) is 4.98 Å². The van der Waals surface area contributed by atoms with Gasteiger partial charge in [-0.05, 0) is 13.8 Å². The number of thioether (sulfide) groups is 1. The van der Waals surface area contributed by atoms with Gasteiger partial charge in [-0.3, -0.25) is 4.99 Å². The second kappa shape index (κ2) is 6.30. The van der Waals surface area contributed by atoms with E-state index < -0.39 is 0 Å². The van der Waals surface area contributed by atoms with E-state index in [1.165, 1.54) is 6.08 Å². The van der Waals surface area contributed by atoms with Gasteiger partial charge in [-0.15, -0.1) is 11.8 Å². The largest absolute Gasteiger partial charge is 0.509 e. The quantitative estimate of drug-likeness (QED) is 0.387. The molecule has 0 bridgehead atoms. The van der Waals surface area contributed by atoms with Crippen LogP contribution in [0.15, 0.2) is 41.6 Å². The Morgan fingerprint density at radius 2 is 2.35 bits per heavy atom. The molecule has 0 saturated carbocycles. The molecule has 0 aliphatic rings. The molecule has 0 aromatic carbocycles. The van der Waals surface area contributed by atoms with Crippen molar-refractivity contribution in [2.45, 2.75) is 19.6 Å². The molecule has 17 heavy (non-hydrogen) atoms. The highest BCUT2D eigenvalue weighted by Crippen LogP contribution is 2.14. The first-order valence-corrected chi connectivity index (χ1v) is 6.17. The van der Waals surface area contributed by atoms with Gasteiger partial charge in [0, 0.05) is 36.5 Å². The van der Waals surface area contributed by atoms with Crippen LogP contribution in [-0.4, -0.2) is 19.7 Å². The lowest BCUT2D eigenvalue weighted by atomic mass is 10.4. The number of aliphatic hydroxyl groups is 1. The van der Waals surface area contributed by atoms with Crippen molar-refractivity contribution in [1.82, 2.24) is 9.55 Å². The van der Waals surface area contributed by atoms with Gasteiger partial charge in [0.1, 0.15) is 5.76 Å². The van der Waals surface area contributed by atoms with E-state index in [-0.39, 0.29) is 5.76 Å². The first-order valence-electron chi connectivity index (χ1n) is 5.18. The second-order valence-electron chi connectivity index (χ2n) is 3.69. The summed E-state index contributed by atoms with van der Waals surface area (Å²) in [5, 5.41) is 9.94. The van der Waals surface area contributed by atoms with Crippen LogP contribution in [0.3, 0.4) is 0 Å². The molecule has 0 unspecified atom stereocenters. The molecule has 0 fully saturated rings. The lowest BCUT2D eigenvalue weighted by Gasteiger charge is -2.02. The Kier molecular flexibility index (Phi) is 5.03. The summed E-state index contributed by atoms with van der Waals surface area (Å²) in [5.41, 5.74) is 1.89. The van der Waals surface area contributed by atoms with E-state index in [0.29, 0.717) is 0 Å². The topological polar surface area (TPSA) is 50.4 Å². The SMILES string of the molecule is C=C(O)/C=C(/C)N=C(C)SCc1cncn1C. The summed E-state index contributed by atoms with van der Waals surface area (Å²) in [6, 6.07) is 0. The molecule has 1 aromatic rings. The Morgan fingerprint density at radius 1 is 1.65 bits per heavy atom. The number of imidazole rings is 1. The highest BCUT2D eigenvalue weighted by Gasteiger charge is 2.00. The van der Waals surface area contributed by atoms with Gasteiger partial charge in [-0.1, -0.05) is 6.58 Å². The second-order valence-corrected chi connectivity index (χ2v) is 4.86. The molecule has 1 rings (SSSR count). The van der Waals surface area contributed by atoms with Crippen molar-refractivity contribution in [2.75, 3.05) is 0 Å². The van der Waals surface area contributed by atoms with Crippen LogP contribution >= 0.6 is 11.8 Å². The van der Waals surface area contributed by atoms with Gasteiger partial charge in [0.2, 0.25) is 0 Å². The van der Waals surface area contributed by atoms with Gasteiger partial charge in [0.05, 0.1) is 11.4 Å². The number of aryl methyl sites for hydroxylation is 1. The fourth-order valence-corrected chi connectivity index (χ4v) is 2.10. The molecule has 1 heterocycles. The molecule has 0 spiro atoms. The minimum atomic E-state index is 0.0238. The average Bonchev–Trinajstić information content (AvgIpc) is 2.59. The fourth-order valence-electron chi connectivity index (χ4n) is 1.26. The maximum absolute atomic E-state index is 8.99. The summed E-state index contributed by atoms with van der Waals surface area (Å²) in [7, 11) is 1.97. The van der Waals surface area contributed by atoms with Crippen molar-refractivity contribution in [3.8, 4) is 0 Å². The number of aromatic nitrogens is 2. The molecule has 92 valence electrons. The van der Waals surface area contributed by atoms with E-state index in [1.54, 1.807) is 18.1 Å². The van der Waals surface area contributed by atoms with Gasteiger partial charge in [-0.2, -0.15) is 0 Å². The molecule has 0 amide bonds. The van der Waals surface area contributed by atoms with Crippen molar-refractivity contribution in [1.29, 1.82) is 0 Å². The summed E-state index contributed by atoms with van der Waals surface area (Å²) in [4.78, 5) is 8.39. The van der Waals surface area contributed by atoms with Crippen LogP contribution in [0.4, 0.5) is 0 Å². The summed E-state index contributed by atoms with van der Waals surface area (Å²) in [6.07, 6.45) is 5.16. The summed E-state index contributed by atoms with van der Waals surface area (Å²) in [6.45, 7) is 7.16. The van der Waals surface area contributed by atoms with Crippen LogP contribution < -0.4 is 0 Å². The van der Waals surface area contributed by atoms with Crippen molar-refractivity contribution in [2.24, 2.45) is 12.0 Å². The van der Waals surface area contributed by atoms with E-state index in [4.69, 9.17) is 5.11 Å². The molecule has 0 radical (unpaired) electrons. The monoisotopic (exact) mass is 251 g/mol.